The second-order valence-electron chi connectivity index (χ2n) is 8.71. The molecule has 194 valence electrons. The van der Waals surface area contributed by atoms with E-state index in [9.17, 15) is 18.0 Å². The summed E-state index contributed by atoms with van der Waals surface area (Å²) in [6, 6.07) is 22.6. The van der Waals surface area contributed by atoms with Gasteiger partial charge in [0.25, 0.3) is 5.91 Å². The quantitative estimate of drug-likeness (QED) is 0.367. The van der Waals surface area contributed by atoms with Crippen molar-refractivity contribution in [2.75, 3.05) is 19.7 Å². The molecule has 1 amide bonds. The molecule has 1 saturated heterocycles. The first-order valence-electron chi connectivity index (χ1n) is 11.8. The maximum absolute atomic E-state index is 12.9. The Hall–Kier alpha value is -2.72. The van der Waals surface area contributed by atoms with Gasteiger partial charge in [0, 0.05) is 22.6 Å². The standard InChI is InChI=1S/C27H26BrClN2O5S/c28-22-9-11-24(12-10-22)37(34,35)31-15-13-20(14-16-31)27(33)36-18-25(32)30-26(19-5-2-1-3-6-19)21-7-4-8-23(29)17-21/h1-12,17,20,26H,13-16,18H2,(H,30,32). The van der Waals surface area contributed by atoms with Crippen LogP contribution in [-0.2, 0) is 24.3 Å². The fourth-order valence-electron chi connectivity index (χ4n) is 4.24. The third-order valence-electron chi connectivity index (χ3n) is 6.20. The van der Waals surface area contributed by atoms with E-state index in [1.165, 1.54) is 4.31 Å². The predicted octanol–water partition coefficient (Wildman–Crippen LogP) is 4.95. The van der Waals surface area contributed by atoms with Crippen LogP contribution in [0.4, 0.5) is 0 Å². The van der Waals surface area contributed by atoms with Crippen molar-refractivity contribution in [3.63, 3.8) is 0 Å². The highest BCUT2D eigenvalue weighted by atomic mass is 79.9. The molecule has 3 aromatic rings. The maximum Gasteiger partial charge on any atom is 0.309 e. The van der Waals surface area contributed by atoms with E-state index in [2.05, 4.69) is 21.2 Å². The molecular formula is C27H26BrClN2O5S. The Morgan fingerprint density at radius 2 is 1.62 bits per heavy atom. The summed E-state index contributed by atoms with van der Waals surface area (Å²) in [4.78, 5) is 25.6. The van der Waals surface area contributed by atoms with Gasteiger partial charge < -0.3 is 10.1 Å². The fraction of sp³-hybridized carbons (Fsp3) is 0.259. The molecule has 4 rings (SSSR count). The van der Waals surface area contributed by atoms with E-state index in [1.54, 1.807) is 36.4 Å². The number of benzene rings is 3. The van der Waals surface area contributed by atoms with Gasteiger partial charge in [0.15, 0.2) is 6.61 Å². The van der Waals surface area contributed by atoms with Gasteiger partial charge in [0.2, 0.25) is 10.0 Å². The molecule has 3 aromatic carbocycles. The van der Waals surface area contributed by atoms with Crippen molar-refractivity contribution in [3.8, 4) is 0 Å². The van der Waals surface area contributed by atoms with Gasteiger partial charge in [-0.15, -0.1) is 0 Å². The lowest BCUT2D eigenvalue weighted by Gasteiger charge is -2.30. The summed E-state index contributed by atoms with van der Waals surface area (Å²) >= 11 is 9.46. The van der Waals surface area contributed by atoms with E-state index in [0.717, 1.165) is 15.6 Å². The SMILES string of the molecule is O=C(COC(=O)C1CCN(S(=O)(=O)c2ccc(Br)cc2)CC1)NC(c1ccccc1)c1cccc(Cl)c1. The zero-order chi connectivity index (χ0) is 26.4. The lowest BCUT2D eigenvalue weighted by molar-refractivity contribution is -0.153. The number of carbonyl (C=O) groups is 2. The Labute approximate surface area is 230 Å². The second-order valence-corrected chi connectivity index (χ2v) is 12.0. The number of rotatable bonds is 8. The van der Waals surface area contributed by atoms with Crippen molar-refractivity contribution in [2.24, 2.45) is 5.92 Å². The Bertz CT molecular complexity index is 1340. The van der Waals surface area contributed by atoms with Gasteiger partial charge in [-0.05, 0) is 60.4 Å². The average Bonchev–Trinajstić information content (AvgIpc) is 2.91. The zero-order valence-corrected chi connectivity index (χ0v) is 23.0. The minimum Gasteiger partial charge on any atom is -0.455 e. The Kier molecular flexibility index (Phi) is 9.02. The van der Waals surface area contributed by atoms with Crippen LogP contribution in [0.1, 0.15) is 30.0 Å². The molecule has 1 aliphatic rings. The Morgan fingerprint density at radius 3 is 2.27 bits per heavy atom. The second kappa shape index (κ2) is 12.2. The predicted molar refractivity (Wildman–Crippen MR) is 144 cm³/mol. The summed E-state index contributed by atoms with van der Waals surface area (Å²) < 4.78 is 33.2. The van der Waals surface area contributed by atoms with Gasteiger partial charge in [0.1, 0.15) is 0 Å². The van der Waals surface area contributed by atoms with Crippen LogP contribution >= 0.6 is 27.5 Å². The summed E-state index contributed by atoms with van der Waals surface area (Å²) in [5, 5.41) is 3.47. The normalized spacial score (nSPS) is 15.6. The summed E-state index contributed by atoms with van der Waals surface area (Å²) in [7, 11) is -3.64. The molecule has 37 heavy (non-hydrogen) atoms. The lowest BCUT2D eigenvalue weighted by atomic mass is 9.98. The molecule has 10 heteroatoms. The zero-order valence-electron chi connectivity index (χ0n) is 19.8. The van der Waals surface area contributed by atoms with Crippen molar-refractivity contribution in [2.45, 2.75) is 23.8 Å². The molecule has 1 atom stereocenters. The summed E-state index contributed by atoms with van der Waals surface area (Å²) in [6.07, 6.45) is 0.650. The number of nitrogens with one attached hydrogen (secondary N) is 1. The van der Waals surface area contributed by atoms with E-state index in [4.69, 9.17) is 16.3 Å². The summed E-state index contributed by atoms with van der Waals surface area (Å²) in [5.41, 5.74) is 1.67. The number of hydrogen-bond acceptors (Lipinski definition) is 5. The number of carbonyl (C=O) groups excluding carboxylic acids is 2. The molecule has 1 aliphatic heterocycles. The van der Waals surface area contributed by atoms with E-state index >= 15 is 0 Å². The topological polar surface area (TPSA) is 92.8 Å². The van der Waals surface area contributed by atoms with Gasteiger partial charge in [-0.25, -0.2) is 8.42 Å². The number of hydrogen-bond donors (Lipinski definition) is 1. The van der Waals surface area contributed by atoms with Crippen LogP contribution in [-0.4, -0.2) is 44.3 Å². The maximum atomic E-state index is 12.9. The molecule has 0 aromatic heterocycles. The highest BCUT2D eigenvalue weighted by molar-refractivity contribution is 9.10. The molecule has 1 N–H and O–H groups in total. The molecule has 0 radical (unpaired) electrons. The van der Waals surface area contributed by atoms with Crippen LogP contribution < -0.4 is 5.32 Å². The number of sulfonamides is 1. The number of amides is 1. The number of piperidine rings is 1. The van der Waals surface area contributed by atoms with Gasteiger partial charge in [-0.3, -0.25) is 9.59 Å². The summed E-state index contributed by atoms with van der Waals surface area (Å²) in [6.45, 7) is -0.0233. The van der Waals surface area contributed by atoms with Crippen molar-refractivity contribution >= 4 is 49.4 Å². The molecule has 0 saturated carbocycles. The van der Waals surface area contributed by atoms with Crippen LogP contribution in [0.2, 0.25) is 5.02 Å². The van der Waals surface area contributed by atoms with Crippen molar-refractivity contribution in [1.82, 2.24) is 9.62 Å². The van der Waals surface area contributed by atoms with Crippen LogP contribution in [0.15, 0.2) is 88.2 Å². The number of halogens is 2. The molecule has 7 nitrogen and oxygen atoms in total. The number of esters is 1. The van der Waals surface area contributed by atoms with E-state index < -0.39 is 40.5 Å². The highest BCUT2D eigenvalue weighted by Gasteiger charge is 2.33. The monoisotopic (exact) mass is 604 g/mol. The minimum absolute atomic E-state index is 0.204. The van der Waals surface area contributed by atoms with Crippen molar-refractivity contribution in [1.29, 1.82) is 0 Å². The molecule has 1 heterocycles. The van der Waals surface area contributed by atoms with Crippen molar-refractivity contribution in [3.05, 3.63) is 99.5 Å². The molecule has 1 unspecified atom stereocenters. The molecule has 1 fully saturated rings. The van der Waals surface area contributed by atoms with Crippen LogP contribution in [0, 0.1) is 5.92 Å². The van der Waals surface area contributed by atoms with Crippen molar-refractivity contribution < 1.29 is 22.7 Å². The Morgan fingerprint density at radius 1 is 0.973 bits per heavy atom. The van der Waals surface area contributed by atoms with E-state index in [0.29, 0.717) is 17.9 Å². The van der Waals surface area contributed by atoms with E-state index in [-0.39, 0.29) is 18.0 Å². The van der Waals surface area contributed by atoms with Gasteiger partial charge in [-0.1, -0.05) is 70.0 Å². The average molecular weight is 606 g/mol. The van der Waals surface area contributed by atoms with Gasteiger partial charge in [-0.2, -0.15) is 4.31 Å². The lowest BCUT2D eigenvalue weighted by Crippen LogP contribution is -2.41. The minimum atomic E-state index is -3.64. The number of nitrogens with zero attached hydrogens (tertiary/aromatic N) is 1. The van der Waals surface area contributed by atoms with Gasteiger partial charge in [0.05, 0.1) is 16.9 Å². The first kappa shape index (κ1) is 27.3. The third-order valence-corrected chi connectivity index (χ3v) is 8.88. The largest absolute Gasteiger partial charge is 0.455 e. The molecule has 0 aliphatic carbocycles. The van der Waals surface area contributed by atoms with Crippen LogP contribution in [0.25, 0.3) is 0 Å². The fourth-order valence-corrected chi connectivity index (χ4v) is 6.17. The highest BCUT2D eigenvalue weighted by Crippen LogP contribution is 2.26. The van der Waals surface area contributed by atoms with E-state index in [1.807, 2.05) is 42.5 Å². The van der Waals surface area contributed by atoms with Crippen LogP contribution in [0.5, 0.6) is 0 Å². The number of ether oxygens (including phenoxy) is 1. The first-order valence-corrected chi connectivity index (χ1v) is 14.4. The molecule has 0 spiro atoms. The molecule has 0 bridgehead atoms. The first-order chi connectivity index (χ1) is 17.7. The third kappa shape index (κ3) is 6.98. The summed E-state index contributed by atoms with van der Waals surface area (Å²) in [5.74, 6) is -1.42. The molecular weight excluding hydrogens is 580 g/mol. The van der Waals surface area contributed by atoms with Crippen LogP contribution in [0.3, 0.4) is 0 Å². The van der Waals surface area contributed by atoms with Gasteiger partial charge >= 0.3 is 5.97 Å². The smallest absolute Gasteiger partial charge is 0.309 e. The Balaban J connectivity index is 1.32.